The van der Waals surface area contributed by atoms with Crippen molar-refractivity contribution in [3.05, 3.63) is 197 Å². The van der Waals surface area contributed by atoms with Gasteiger partial charge in [-0.25, -0.2) is 0 Å². The predicted molar refractivity (Wildman–Crippen MR) is 176 cm³/mol. The van der Waals surface area contributed by atoms with Crippen LogP contribution < -0.4 is 4.90 Å². The van der Waals surface area contributed by atoms with Crippen LogP contribution in [-0.2, 0) is 4.74 Å². The van der Waals surface area contributed by atoms with Crippen molar-refractivity contribution in [2.75, 3.05) is 4.90 Å². The second-order valence-corrected chi connectivity index (χ2v) is 10.5. The van der Waals surface area contributed by atoms with Gasteiger partial charge in [0.2, 0.25) is 0 Å². The van der Waals surface area contributed by atoms with E-state index in [4.69, 9.17) is 4.74 Å². The second kappa shape index (κ2) is 11.7. The highest BCUT2D eigenvalue weighted by molar-refractivity contribution is 6.40. The molecule has 4 nitrogen and oxygen atoms in total. The molecule has 2 aliphatic rings. The number of fused-ring (bicyclic) bond motifs is 1. The van der Waals surface area contributed by atoms with Crippen molar-refractivity contribution in [3.8, 4) is 0 Å². The minimum atomic E-state index is -0.261. The number of ketones is 2. The number of benzene rings is 5. The Morgan fingerprint density at radius 2 is 1.00 bits per heavy atom. The van der Waals surface area contributed by atoms with Crippen molar-refractivity contribution in [2.45, 2.75) is 0 Å². The lowest BCUT2D eigenvalue weighted by atomic mass is 9.99. The van der Waals surface area contributed by atoms with E-state index in [9.17, 15) is 9.59 Å². The average molecular weight is 570 g/mol. The van der Waals surface area contributed by atoms with Gasteiger partial charge < -0.3 is 9.64 Å². The highest BCUT2D eigenvalue weighted by Gasteiger charge is 2.35. The molecule has 0 N–H and O–H groups in total. The molecule has 0 fully saturated rings. The summed E-state index contributed by atoms with van der Waals surface area (Å²) in [5.41, 5.74) is 6.59. The van der Waals surface area contributed by atoms with Gasteiger partial charge in [-0.05, 0) is 65.8 Å². The lowest BCUT2D eigenvalue weighted by molar-refractivity contribution is 0.0988. The van der Waals surface area contributed by atoms with E-state index in [0.717, 1.165) is 28.2 Å². The summed E-state index contributed by atoms with van der Waals surface area (Å²) >= 11 is 0. The van der Waals surface area contributed by atoms with Gasteiger partial charge in [0.1, 0.15) is 11.5 Å². The van der Waals surface area contributed by atoms with Gasteiger partial charge in [-0.1, -0.05) is 109 Å². The van der Waals surface area contributed by atoms with Crippen molar-refractivity contribution in [3.63, 3.8) is 0 Å². The van der Waals surface area contributed by atoms with Crippen LogP contribution in [0.5, 0.6) is 0 Å². The van der Waals surface area contributed by atoms with Crippen molar-refractivity contribution in [2.24, 2.45) is 0 Å². The molecule has 0 saturated heterocycles. The lowest BCUT2D eigenvalue weighted by Crippen LogP contribution is -2.09. The normalized spacial score (nSPS) is 14.3. The molecule has 5 aromatic rings. The quantitative estimate of drug-likeness (QED) is 0.151. The average Bonchev–Trinajstić information content (AvgIpc) is 3.35. The number of rotatable bonds is 6. The number of carbonyl (C=O) groups is 2. The van der Waals surface area contributed by atoms with E-state index < -0.39 is 0 Å². The molecule has 0 aromatic heterocycles. The molecule has 1 aliphatic carbocycles. The Morgan fingerprint density at radius 1 is 0.500 bits per heavy atom. The SMILES string of the molecule is O=C1C(=C2C=C(C=Cc3ccc(N(c4ccccc4)c4ccccc4)cc3)OC(c3ccccc3)=C2)C(=O)c2ccccc21. The summed E-state index contributed by atoms with van der Waals surface area (Å²) in [6.07, 6.45) is 7.38. The van der Waals surface area contributed by atoms with Crippen molar-refractivity contribution in [1.29, 1.82) is 0 Å². The van der Waals surface area contributed by atoms with Crippen molar-refractivity contribution < 1.29 is 14.3 Å². The molecule has 1 aliphatic heterocycles. The van der Waals surface area contributed by atoms with E-state index in [1.807, 2.05) is 78.9 Å². The summed E-state index contributed by atoms with van der Waals surface area (Å²) in [5, 5.41) is 0. The molecule has 0 spiro atoms. The van der Waals surface area contributed by atoms with Crippen LogP contribution in [0.2, 0.25) is 0 Å². The van der Waals surface area contributed by atoms with Crippen LogP contribution in [0, 0.1) is 0 Å². The van der Waals surface area contributed by atoms with Crippen LogP contribution in [-0.4, -0.2) is 11.6 Å². The second-order valence-electron chi connectivity index (χ2n) is 10.5. The van der Waals surface area contributed by atoms with Crippen LogP contribution in [0.3, 0.4) is 0 Å². The smallest absolute Gasteiger partial charge is 0.198 e. The fraction of sp³-hybridized carbons (Fsp3) is 0. The third-order valence-corrected chi connectivity index (χ3v) is 7.65. The van der Waals surface area contributed by atoms with E-state index in [0.29, 0.717) is 28.2 Å². The van der Waals surface area contributed by atoms with Gasteiger partial charge in [0.25, 0.3) is 0 Å². The number of ether oxygens (including phenoxy) is 1. The van der Waals surface area contributed by atoms with Crippen LogP contribution in [0.15, 0.2) is 175 Å². The lowest BCUT2D eigenvalue weighted by Gasteiger charge is -2.25. The summed E-state index contributed by atoms with van der Waals surface area (Å²) in [4.78, 5) is 28.9. The zero-order chi connectivity index (χ0) is 29.9. The van der Waals surface area contributed by atoms with Crippen molar-refractivity contribution >= 4 is 40.5 Å². The first-order valence-electron chi connectivity index (χ1n) is 14.4. The zero-order valence-corrected chi connectivity index (χ0v) is 23.8. The Bertz CT molecular complexity index is 1910. The number of anilines is 3. The Labute approximate surface area is 256 Å². The first kappa shape index (κ1) is 26.9. The first-order valence-corrected chi connectivity index (χ1v) is 14.4. The third kappa shape index (κ3) is 5.21. The number of para-hydroxylation sites is 2. The summed E-state index contributed by atoms with van der Waals surface area (Å²) in [7, 11) is 0. The molecule has 1 heterocycles. The molecule has 0 radical (unpaired) electrons. The molecule has 7 rings (SSSR count). The predicted octanol–water partition coefficient (Wildman–Crippen LogP) is 9.50. The molecule has 0 atom stereocenters. The molecule has 0 saturated carbocycles. The monoisotopic (exact) mass is 569 g/mol. The Morgan fingerprint density at radius 3 is 1.57 bits per heavy atom. The number of carbonyl (C=O) groups excluding carboxylic acids is 2. The molecule has 4 heteroatoms. The third-order valence-electron chi connectivity index (χ3n) is 7.65. The Hall–Kier alpha value is -6.00. The summed E-state index contributed by atoms with van der Waals surface area (Å²) < 4.78 is 6.28. The molecule has 44 heavy (non-hydrogen) atoms. The maximum absolute atomic E-state index is 13.3. The highest BCUT2D eigenvalue weighted by Crippen LogP contribution is 2.36. The van der Waals surface area contributed by atoms with Crippen LogP contribution >= 0.6 is 0 Å². The highest BCUT2D eigenvalue weighted by atomic mass is 16.5. The minimum absolute atomic E-state index is 0.167. The number of allylic oxidation sites excluding steroid dienone is 5. The van der Waals surface area contributed by atoms with Gasteiger partial charge in [0.15, 0.2) is 11.6 Å². The summed E-state index contributed by atoms with van der Waals surface area (Å²) in [5.74, 6) is 0.582. The summed E-state index contributed by atoms with van der Waals surface area (Å²) in [6.45, 7) is 0. The summed E-state index contributed by atoms with van der Waals surface area (Å²) in [6, 6.07) is 45.5. The fourth-order valence-electron chi connectivity index (χ4n) is 5.52. The zero-order valence-electron chi connectivity index (χ0n) is 23.8. The van der Waals surface area contributed by atoms with E-state index in [-0.39, 0.29) is 17.1 Å². The minimum Gasteiger partial charge on any atom is -0.457 e. The molecule has 0 amide bonds. The molecular weight excluding hydrogens is 542 g/mol. The van der Waals surface area contributed by atoms with Crippen LogP contribution in [0.1, 0.15) is 31.8 Å². The standard InChI is InChI=1S/C40H27NO3/c42-39-35-18-10-11-19-36(35)40(43)38(39)30-26-34(44-37(27-30)29-12-4-1-5-13-29)25-22-28-20-23-33(24-21-28)41(31-14-6-2-7-15-31)32-16-8-3-9-17-32/h1-27H. The van der Waals surface area contributed by atoms with Gasteiger partial charge in [-0.3, -0.25) is 9.59 Å². The number of hydrogen-bond acceptors (Lipinski definition) is 4. The van der Waals surface area contributed by atoms with Crippen LogP contribution in [0.4, 0.5) is 17.1 Å². The Kier molecular flexibility index (Phi) is 7.15. The number of hydrogen-bond donors (Lipinski definition) is 0. The van der Waals surface area contributed by atoms with Gasteiger partial charge in [0, 0.05) is 33.8 Å². The first-order chi connectivity index (χ1) is 21.7. The maximum atomic E-state index is 13.3. The van der Waals surface area contributed by atoms with E-state index in [2.05, 4.69) is 53.4 Å². The van der Waals surface area contributed by atoms with Crippen molar-refractivity contribution in [1.82, 2.24) is 0 Å². The largest absolute Gasteiger partial charge is 0.457 e. The maximum Gasteiger partial charge on any atom is 0.198 e. The fourth-order valence-corrected chi connectivity index (χ4v) is 5.52. The topological polar surface area (TPSA) is 46.6 Å². The van der Waals surface area contributed by atoms with Gasteiger partial charge >= 0.3 is 0 Å². The molecule has 210 valence electrons. The number of nitrogens with zero attached hydrogens (tertiary/aromatic N) is 1. The van der Waals surface area contributed by atoms with E-state index in [1.54, 1.807) is 36.4 Å². The van der Waals surface area contributed by atoms with Gasteiger partial charge in [-0.15, -0.1) is 0 Å². The molecular formula is C40H27NO3. The van der Waals surface area contributed by atoms with Gasteiger partial charge in [0.05, 0.1) is 5.57 Å². The molecule has 0 unspecified atom stereocenters. The van der Waals surface area contributed by atoms with E-state index in [1.165, 1.54) is 0 Å². The van der Waals surface area contributed by atoms with Gasteiger partial charge in [-0.2, -0.15) is 0 Å². The van der Waals surface area contributed by atoms with E-state index >= 15 is 0 Å². The molecule has 5 aromatic carbocycles. The molecule has 0 bridgehead atoms. The van der Waals surface area contributed by atoms with Crippen LogP contribution in [0.25, 0.3) is 11.8 Å². The number of Topliss-reactive ketones (excluding diaryl/α,β-unsaturated/α-hetero) is 2. The Balaban J connectivity index is 1.22.